The number of benzene rings is 4. The fourth-order valence-corrected chi connectivity index (χ4v) is 4.27. The Labute approximate surface area is 262 Å². The molecule has 2 heterocycles. The van der Waals surface area contributed by atoms with Crippen molar-refractivity contribution in [2.24, 2.45) is 0 Å². The van der Waals surface area contributed by atoms with Crippen LogP contribution in [0.25, 0.3) is 33.1 Å². The van der Waals surface area contributed by atoms with Crippen LogP contribution in [0.4, 0.5) is 11.4 Å². The van der Waals surface area contributed by atoms with Gasteiger partial charge < -0.3 is 18.9 Å². The lowest BCUT2D eigenvalue weighted by Crippen LogP contribution is -2.28. The van der Waals surface area contributed by atoms with Gasteiger partial charge in [0.25, 0.3) is 11.4 Å². The van der Waals surface area contributed by atoms with Crippen molar-refractivity contribution in [3.63, 3.8) is 0 Å². The maximum absolute atomic E-state index is 11.0. The first kappa shape index (κ1) is 32.5. The molecule has 0 amide bonds. The third-order valence-electron chi connectivity index (χ3n) is 5.71. The highest BCUT2D eigenvalue weighted by Gasteiger charge is 2.18. The van der Waals surface area contributed by atoms with E-state index in [4.69, 9.17) is 18.9 Å². The molecule has 0 fully saturated rings. The first-order valence-corrected chi connectivity index (χ1v) is 15.0. The molecule has 2 N–H and O–H groups in total. The van der Waals surface area contributed by atoms with Crippen LogP contribution in [0.5, 0.6) is 0 Å². The average molecular weight is 745 g/mol. The number of nitro benzene ring substituents is 2. The molecule has 0 aliphatic rings. The standard InChI is InChI=1S/C14H9NO3.C8H7BO3.C6H4BrNO2.CH3I/c16-15(17)13-7-3-1-5-10(13)12-9-18-14-8-4-2-6-11(12)14;10-9(11)7-5-12-8-4-2-1-3-6(7)8;7-5-3-1-2-4-6(5)8(9)10;1-2/h1-9H;1-5,10-11H;1-4H;1H3. The molecule has 0 saturated carbocycles. The van der Waals surface area contributed by atoms with Gasteiger partial charge in [-0.1, -0.05) is 83.3 Å². The molecule has 6 aromatic rings. The second-order valence-electron chi connectivity index (χ2n) is 8.19. The van der Waals surface area contributed by atoms with E-state index in [-0.39, 0.29) is 16.3 Å². The fraction of sp³-hybridized carbons (Fsp3) is 0.0345. The van der Waals surface area contributed by atoms with Crippen molar-refractivity contribution in [1.82, 2.24) is 0 Å². The number of nitrogens with zero attached hydrogens (tertiary/aromatic N) is 2. The van der Waals surface area contributed by atoms with E-state index in [2.05, 4.69) is 38.5 Å². The van der Waals surface area contributed by atoms with Crippen LogP contribution in [0.2, 0.25) is 0 Å². The number of halogens is 2. The summed E-state index contributed by atoms with van der Waals surface area (Å²) in [5.41, 5.74) is 3.31. The zero-order valence-corrected chi connectivity index (χ0v) is 25.7. The number of hydrogen-bond donors (Lipinski definition) is 2. The molecule has 2 aromatic heterocycles. The van der Waals surface area contributed by atoms with Crippen molar-refractivity contribution < 1.29 is 28.7 Å². The molecule has 0 unspecified atom stereocenters. The van der Waals surface area contributed by atoms with E-state index in [1.165, 1.54) is 18.4 Å². The van der Waals surface area contributed by atoms with Crippen molar-refractivity contribution in [2.45, 2.75) is 0 Å². The molecule has 0 spiro atoms. The summed E-state index contributed by atoms with van der Waals surface area (Å²) in [4.78, 5) is 22.4. The van der Waals surface area contributed by atoms with E-state index in [0.29, 0.717) is 21.1 Å². The Kier molecular flexibility index (Phi) is 12.2. The molecule has 0 aliphatic heterocycles. The summed E-state index contributed by atoms with van der Waals surface area (Å²) >= 11 is 5.21. The molecular formula is C29H23BBrIN2O8. The Morgan fingerprint density at radius 1 is 0.667 bits per heavy atom. The molecule has 10 nitrogen and oxygen atoms in total. The summed E-state index contributed by atoms with van der Waals surface area (Å²) in [6.07, 6.45) is 2.92. The van der Waals surface area contributed by atoms with Crippen molar-refractivity contribution in [3.05, 3.63) is 134 Å². The van der Waals surface area contributed by atoms with Crippen LogP contribution in [-0.2, 0) is 0 Å². The number of nitro groups is 2. The highest BCUT2D eigenvalue weighted by molar-refractivity contribution is 14.1. The maximum atomic E-state index is 11.0. The van der Waals surface area contributed by atoms with Crippen LogP contribution >= 0.6 is 38.5 Å². The molecule has 0 atom stereocenters. The minimum atomic E-state index is -1.46. The zero-order chi connectivity index (χ0) is 30.6. The van der Waals surface area contributed by atoms with E-state index in [1.807, 2.05) is 41.3 Å². The third-order valence-corrected chi connectivity index (χ3v) is 6.38. The van der Waals surface area contributed by atoms with E-state index < -0.39 is 12.0 Å². The predicted molar refractivity (Wildman–Crippen MR) is 175 cm³/mol. The number of rotatable bonds is 4. The Morgan fingerprint density at radius 3 is 1.71 bits per heavy atom. The van der Waals surface area contributed by atoms with E-state index in [1.54, 1.807) is 54.8 Å². The molecule has 4 aromatic carbocycles. The van der Waals surface area contributed by atoms with Gasteiger partial charge in [-0.05, 0) is 45.1 Å². The van der Waals surface area contributed by atoms with Crippen LogP contribution in [0.1, 0.15) is 0 Å². The van der Waals surface area contributed by atoms with Crippen molar-refractivity contribution in [2.75, 3.05) is 4.93 Å². The van der Waals surface area contributed by atoms with Crippen LogP contribution in [-0.4, -0.2) is 31.9 Å². The number of fused-ring (bicyclic) bond motifs is 2. The topological polar surface area (TPSA) is 153 Å². The highest BCUT2D eigenvalue weighted by Crippen LogP contribution is 2.35. The van der Waals surface area contributed by atoms with Crippen molar-refractivity contribution in [3.8, 4) is 11.1 Å². The largest absolute Gasteiger partial charge is 0.492 e. The SMILES string of the molecule is CI.O=[N+]([O-])c1ccccc1-c1coc2ccccc12.O=[N+]([O-])c1ccccc1Br.OB(O)c1coc2ccccc12. The minimum Gasteiger partial charge on any atom is -0.465 e. The van der Waals surface area contributed by atoms with Crippen molar-refractivity contribution in [1.29, 1.82) is 0 Å². The first-order valence-electron chi connectivity index (χ1n) is 12.1. The lowest BCUT2D eigenvalue weighted by Gasteiger charge is -2.00. The van der Waals surface area contributed by atoms with E-state index in [9.17, 15) is 20.2 Å². The molecule has 0 aliphatic carbocycles. The second kappa shape index (κ2) is 15.8. The van der Waals surface area contributed by atoms with Gasteiger partial charge in [0.15, 0.2) is 0 Å². The Bertz CT molecular complexity index is 1790. The molecular weight excluding hydrogens is 722 g/mol. The van der Waals surface area contributed by atoms with Gasteiger partial charge in [0.05, 0.1) is 32.4 Å². The number of furan rings is 2. The van der Waals surface area contributed by atoms with Gasteiger partial charge in [0, 0.05) is 33.9 Å². The molecule has 0 saturated heterocycles. The molecule has 42 heavy (non-hydrogen) atoms. The van der Waals surface area contributed by atoms with E-state index in [0.717, 1.165) is 21.9 Å². The summed E-state index contributed by atoms with van der Waals surface area (Å²) in [5.74, 6) is 0. The van der Waals surface area contributed by atoms with Gasteiger partial charge in [-0.25, -0.2) is 0 Å². The third kappa shape index (κ3) is 8.03. The van der Waals surface area contributed by atoms with Crippen molar-refractivity contribution >= 4 is 84.4 Å². The van der Waals surface area contributed by atoms with Gasteiger partial charge >= 0.3 is 7.12 Å². The normalized spacial score (nSPS) is 9.93. The summed E-state index contributed by atoms with van der Waals surface area (Å²) in [5, 5.41) is 40.7. The Morgan fingerprint density at radius 2 is 1.14 bits per heavy atom. The quantitative estimate of drug-likeness (QED) is 0.0618. The Hall–Kier alpha value is -4.05. The van der Waals surface area contributed by atoms with Crippen LogP contribution < -0.4 is 5.46 Å². The smallest absolute Gasteiger partial charge is 0.465 e. The van der Waals surface area contributed by atoms with Crippen LogP contribution in [0.15, 0.2) is 123 Å². The highest BCUT2D eigenvalue weighted by atomic mass is 127. The summed E-state index contributed by atoms with van der Waals surface area (Å²) < 4.78 is 11.0. The summed E-state index contributed by atoms with van der Waals surface area (Å²) in [7, 11) is -1.46. The molecule has 13 heteroatoms. The zero-order valence-electron chi connectivity index (χ0n) is 22.0. The van der Waals surface area contributed by atoms with Gasteiger partial charge in [0.1, 0.15) is 11.2 Å². The maximum Gasteiger partial charge on any atom is 0.492 e. The van der Waals surface area contributed by atoms with Gasteiger partial charge in [-0.2, -0.15) is 0 Å². The average Bonchev–Trinajstić information content (AvgIpc) is 3.64. The van der Waals surface area contributed by atoms with Gasteiger partial charge in [-0.3, -0.25) is 20.2 Å². The summed E-state index contributed by atoms with van der Waals surface area (Å²) in [6.45, 7) is 0. The van der Waals surface area contributed by atoms with E-state index >= 15 is 0 Å². The molecule has 0 bridgehead atoms. The first-order chi connectivity index (χ1) is 20.3. The lowest BCUT2D eigenvalue weighted by atomic mass is 9.80. The minimum absolute atomic E-state index is 0.0871. The van der Waals surface area contributed by atoms with Gasteiger partial charge in [-0.15, -0.1) is 0 Å². The Balaban J connectivity index is 0.000000176. The van der Waals surface area contributed by atoms with Crippen LogP contribution in [0.3, 0.4) is 0 Å². The monoisotopic (exact) mass is 744 g/mol. The number of alkyl halides is 1. The van der Waals surface area contributed by atoms with Gasteiger partial charge in [0.2, 0.25) is 0 Å². The lowest BCUT2D eigenvalue weighted by molar-refractivity contribution is -0.385. The molecule has 214 valence electrons. The summed E-state index contributed by atoms with van der Waals surface area (Å²) in [6, 6.07) is 27.8. The van der Waals surface area contributed by atoms with Crippen LogP contribution in [0, 0.1) is 20.2 Å². The molecule has 0 radical (unpaired) electrons. The fourth-order valence-electron chi connectivity index (χ4n) is 3.85. The number of para-hydroxylation sites is 4. The molecule has 6 rings (SSSR count). The second-order valence-corrected chi connectivity index (χ2v) is 9.04. The predicted octanol–water partition coefficient (Wildman–Crippen LogP) is 7.53. The number of hydrogen-bond acceptors (Lipinski definition) is 8.